The summed E-state index contributed by atoms with van der Waals surface area (Å²) in [5, 5.41) is 12.7. The highest BCUT2D eigenvalue weighted by Crippen LogP contribution is 2.09. The standard InChI is InChI=1S/C12H25NO3/c1-5-6-10(2)11(14)13-9-12(3,15)7-8-16-4/h10,15H,5-9H2,1-4H3,(H,13,14). The highest BCUT2D eigenvalue weighted by molar-refractivity contribution is 5.78. The minimum Gasteiger partial charge on any atom is -0.388 e. The maximum absolute atomic E-state index is 11.6. The summed E-state index contributed by atoms with van der Waals surface area (Å²) in [6.07, 6.45) is 2.40. The first-order valence-electron chi connectivity index (χ1n) is 5.92. The van der Waals surface area contributed by atoms with Gasteiger partial charge in [0.1, 0.15) is 0 Å². The molecule has 0 spiro atoms. The molecule has 0 aromatic heterocycles. The van der Waals surface area contributed by atoms with Crippen molar-refractivity contribution in [1.82, 2.24) is 5.32 Å². The van der Waals surface area contributed by atoms with Gasteiger partial charge in [-0.05, 0) is 13.3 Å². The van der Waals surface area contributed by atoms with E-state index < -0.39 is 5.60 Å². The van der Waals surface area contributed by atoms with Gasteiger partial charge in [-0.25, -0.2) is 0 Å². The van der Waals surface area contributed by atoms with Crippen molar-refractivity contribution in [1.29, 1.82) is 0 Å². The summed E-state index contributed by atoms with van der Waals surface area (Å²) < 4.78 is 4.90. The van der Waals surface area contributed by atoms with E-state index in [9.17, 15) is 9.90 Å². The van der Waals surface area contributed by atoms with Crippen LogP contribution in [0.4, 0.5) is 0 Å². The van der Waals surface area contributed by atoms with Gasteiger partial charge in [0.05, 0.1) is 5.60 Å². The summed E-state index contributed by atoms with van der Waals surface area (Å²) in [6.45, 7) is 6.44. The fourth-order valence-corrected chi connectivity index (χ4v) is 1.43. The van der Waals surface area contributed by atoms with Crippen molar-refractivity contribution in [3.05, 3.63) is 0 Å². The lowest BCUT2D eigenvalue weighted by Gasteiger charge is -2.24. The van der Waals surface area contributed by atoms with Crippen LogP contribution in [-0.2, 0) is 9.53 Å². The molecule has 0 rings (SSSR count). The van der Waals surface area contributed by atoms with Crippen LogP contribution in [0.15, 0.2) is 0 Å². The second-order valence-corrected chi connectivity index (χ2v) is 4.65. The van der Waals surface area contributed by atoms with Gasteiger partial charge in [-0.1, -0.05) is 20.3 Å². The molecule has 1 amide bonds. The molecule has 4 nitrogen and oxygen atoms in total. The van der Waals surface area contributed by atoms with Crippen molar-refractivity contribution in [2.75, 3.05) is 20.3 Å². The molecule has 0 aromatic rings. The smallest absolute Gasteiger partial charge is 0.222 e. The molecule has 0 saturated heterocycles. The Hall–Kier alpha value is -0.610. The Kier molecular flexibility index (Phi) is 7.34. The molecule has 4 heteroatoms. The minimum absolute atomic E-state index is 0.0135. The zero-order chi connectivity index (χ0) is 12.6. The van der Waals surface area contributed by atoms with Gasteiger partial charge in [-0.3, -0.25) is 4.79 Å². The average molecular weight is 231 g/mol. The van der Waals surface area contributed by atoms with Gasteiger partial charge < -0.3 is 15.2 Å². The molecule has 0 aliphatic rings. The maximum atomic E-state index is 11.6. The second kappa shape index (κ2) is 7.63. The highest BCUT2D eigenvalue weighted by atomic mass is 16.5. The van der Waals surface area contributed by atoms with E-state index in [0.29, 0.717) is 13.0 Å². The monoisotopic (exact) mass is 231 g/mol. The topological polar surface area (TPSA) is 58.6 Å². The van der Waals surface area contributed by atoms with Crippen molar-refractivity contribution < 1.29 is 14.6 Å². The predicted octanol–water partition coefficient (Wildman–Crippen LogP) is 1.33. The van der Waals surface area contributed by atoms with E-state index in [2.05, 4.69) is 12.2 Å². The van der Waals surface area contributed by atoms with Gasteiger partial charge >= 0.3 is 0 Å². The third-order valence-electron chi connectivity index (χ3n) is 2.66. The lowest BCUT2D eigenvalue weighted by molar-refractivity contribution is -0.126. The Balaban J connectivity index is 3.89. The number of nitrogens with one attached hydrogen (secondary N) is 1. The molecule has 96 valence electrons. The molecule has 2 atom stereocenters. The predicted molar refractivity (Wildman–Crippen MR) is 64.2 cm³/mol. The molecule has 2 unspecified atom stereocenters. The third kappa shape index (κ3) is 6.80. The number of amides is 1. The summed E-state index contributed by atoms with van der Waals surface area (Å²) in [5.41, 5.74) is -0.891. The molecule has 0 saturated carbocycles. The normalized spacial score (nSPS) is 16.6. The van der Waals surface area contributed by atoms with Gasteiger partial charge in [0.2, 0.25) is 5.91 Å². The number of hydrogen-bond acceptors (Lipinski definition) is 3. The van der Waals surface area contributed by atoms with E-state index in [1.807, 2.05) is 6.92 Å². The molecule has 2 N–H and O–H groups in total. The molecule has 0 aromatic carbocycles. The Bertz CT molecular complexity index is 204. The fourth-order valence-electron chi connectivity index (χ4n) is 1.43. The Morgan fingerprint density at radius 1 is 1.56 bits per heavy atom. The summed E-state index contributed by atoms with van der Waals surface area (Å²) in [6, 6.07) is 0. The van der Waals surface area contributed by atoms with Crippen molar-refractivity contribution in [3.63, 3.8) is 0 Å². The van der Waals surface area contributed by atoms with Gasteiger partial charge in [-0.15, -0.1) is 0 Å². The number of ether oxygens (including phenoxy) is 1. The zero-order valence-corrected chi connectivity index (χ0v) is 10.9. The van der Waals surface area contributed by atoms with Crippen LogP contribution < -0.4 is 5.32 Å². The number of carbonyl (C=O) groups is 1. The number of rotatable bonds is 8. The summed E-state index contributed by atoms with van der Waals surface area (Å²) >= 11 is 0. The SMILES string of the molecule is CCCC(C)C(=O)NCC(C)(O)CCOC. The van der Waals surface area contributed by atoms with E-state index in [4.69, 9.17) is 4.74 Å². The van der Waals surface area contributed by atoms with Crippen LogP contribution in [0.25, 0.3) is 0 Å². The third-order valence-corrected chi connectivity index (χ3v) is 2.66. The van der Waals surface area contributed by atoms with Crippen LogP contribution in [0.5, 0.6) is 0 Å². The van der Waals surface area contributed by atoms with Gasteiger partial charge in [0, 0.05) is 32.6 Å². The van der Waals surface area contributed by atoms with Crippen LogP contribution in [0.2, 0.25) is 0 Å². The number of methoxy groups -OCH3 is 1. The first-order chi connectivity index (χ1) is 7.43. The van der Waals surface area contributed by atoms with Gasteiger partial charge in [0.25, 0.3) is 0 Å². The van der Waals surface area contributed by atoms with Gasteiger partial charge in [0.15, 0.2) is 0 Å². The molecular weight excluding hydrogens is 206 g/mol. The molecule has 16 heavy (non-hydrogen) atoms. The van der Waals surface area contributed by atoms with Crippen LogP contribution >= 0.6 is 0 Å². The number of aliphatic hydroxyl groups is 1. The van der Waals surface area contributed by atoms with E-state index >= 15 is 0 Å². The molecule has 0 fully saturated rings. The largest absolute Gasteiger partial charge is 0.388 e. The summed E-state index contributed by atoms with van der Waals surface area (Å²) in [4.78, 5) is 11.6. The first-order valence-corrected chi connectivity index (χ1v) is 5.92. The van der Waals surface area contributed by atoms with Crippen molar-refractivity contribution >= 4 is 5.91 Å². The average Bonchev–Trinajstić information content (AvgIpc) is 2.23. The first kappa shape index (κ1) is 15.4. The molecule has 0 radical (unpaired) electrons. The summed E-state index contributed by atoms with van der Waals surface area (Å²) in [5.74, 6) is 0.0303. The Morgan fingerprint density at radius 2 is 2.19 bits per heavy atom. The highest BCUT2D eigenvalue weighted by Gasteiger charge is 2.22. The van der Waals surface area contributed by atoms with Crippen molar-refractivity contribution in [3.8, 4) is 0 Å². The molecule has 0 heterocycles. The maximum Gasteiger partial charge on any atom is 0.222 e. The fraction of sp³-hybridized carbons (Fsp3) is 0.917. The van der Waals surface area contributed by atoms with E-state index in [1.54, 1.807) is 14.0 Å². The van der Waals surface area contributed by atoms with Crippen LogP contribution in [0.3, 0.4) is 0 Å². The molecular formula is C12H25NO3. The molecule has 0 bridgehead atoms. The quantitative estimate of drug-likeness (QED) is 0.662. The van der Waals surface area contributed by atoms with Crippen molar-refractivity contribution in [2.45, 2.75) is 45.6 Å². The van der Waals surface area contributed by atoms with Crippen molar-refractivity contribution in [2.24, 2.45) is 5.92 Å². The van der Waals surface area contributed by atoms with Crippen LogP contribution in [0.1, 0.15) is 40.0 Å². The lowest BCUT2D eigenvalue weighted by Crippen LogP contribution is -2.43. The molecule has 0 aliphatic carbocycles. The minimum atomic E-state index is -0.891. The van der Waals surface area contributed by atoms with E-state index in [0.717, 1.165) is 12.8 Å². The number of carbonyl (C=O) groups excluding carboxylic acids is 1. The zero-order valence-electron chi connectivity index (χ0n) is 10.9. The summed E-state index contributed by atoms with van der Waals surface area (Å²) in [7, 11) is 1.60. The van der Waals surface area contributed by atoms with Gasteiger partial charge in [-0.2, -0.15) is 0 Å². The van der Waals surface area contributed by atoms with E-state index in [-0.39, 0.29) is 18.4 Å². The second-order valence-electron chi connectivity index (χ2n) is 4.65. The van der Waals surface area contributed by atoms with Crippen LogP contribution in [-0.4, -0.2) is 36.9 Å². The van der Waals surface area contributed by atoms with Crippen LogP contribution in [0, 0.1) is 5.92 Å². The van der Waals surface area contributed by atoms with E-state index in [1.165, 1.54) is 0 Å². The lowest BCUT2D eigenvalue weighted by atomic mass is 10.0. The molecule has 0 aliphatic heterocycles. The Labute approximate surface area is 98.4 Å². The number of hydrogen-bond donors (Lipinski definition) is 2. The Morgan fingerprint density at radius 3 is 2.69 bits per heavy atom.